The lowest BCUT2D eigenvalue weighted by Gasteiger charge is -2.48. The Labute approximate surface area is 189 Å². The first-order valence-corrected chi connectivity index (χ1v) is 11.4. The summed E-state index contributed by atoms with van der Waals surface area (Å²) in [4.78, 5) is 14.9. The van der Waals surface area contributed by atoms with Gasteiger partial charge in [-0.2, -0.15) is 0 Å². The molecule has 2 atom stereocenters. The van der Waals surface area contributed by atoms with Crippen molar-refractivity contribution in [2.75, 3.05) is 26.8 Å². The summed E-state index contributed by atoms with van der Waals surface area (Å²) in [6.07, 6.45) is 3.54. The second-order valence-corrected chi connectivity index (χ2v) is 8.77. The lowest BCUT2D eigenvalue weighted by atomic mass is 9.80. The van der Waals surface area contributed by atoms with Crippen molar-refractivity contribution in [1.82, 2.24) is 4.90 Å². The van der Waals surface area contributed by atoms with Gasteiger partial charge in [-0.25, -0.2) is 0 Å². The maximum Gasteiger partial charge on any atom is 0.253 e. The van der Waals surface area contributed by atoms with Gasteiger partial charge in [0.2, 0.25) is 0 Å². The van der Waals surface area contributed by atoms with Crippen LogP contribution in [0.3, 0.4) is 0 Å². The standard InChI is InChI=1S/C25H30ClNO4/c1-3-30-20-16-23(18-7-5-4-6-8-18)31-25(17-20)11-13-27(14-12-25)24(28)19-9-10-22(29-2)21(26)15-19/h4-10,15,20,23H,3,11-14,16-17H2,1-2H3. The second kappa shape index (κ2) is 9.60. The van der Waals surface area contributed by atoms with E-state index in [9.17, 15) is 4.79 Å². The Morgan fingerprint density at radius 1 is 1.19 bits per heavy atom. The van der Waals surface area contributed by atoms with Gasteiger partial charge in [0.05, 0.1) is 29.9 Å². The predicted molar refractivity (Wildman–Crippen MR) is 121 cm³/mol. The Kier molecular flexibility index (Phi) is 6.85. The lowest BCUT2D eigenvalue weighted by molar-refractivity contribution is -0.190. The molecule has 0 bridgehead atoms. The van der Waals surface area contributed by atoms with Crippen molar-refractivity contribution in [2.24, 2.45) is 0 Å². The van der Waals surface area contributed by atoms with E-state index in [0.29, 0.717) is 36.0 Å². The van der Waals surface area contributed by atoms with Crippen molar-refractivity contribution in [3.8, 4) is 5.75 Å². The summed E-state index contributed by atoms with van der Waals surface area (Å²) in [5, 5.41) is 0.447. The van der Waals surface area contributed by atoms with E-state index in [1.54, 1.807) is 25.3 Å². The fourth-order valence-electron chi connectivity index (χ4n) is 4.79. The Bertz CT molecular complexity index is 896. The molecule has 2 fully saturated rings. The summed E-state index contributed by atoms with van der Waals surface area (Å²) in [6.45, 7) is 4.05. The average Bonchev–Trinajstić information content (AvgIpc) is 2.79. The molecule has 2 aliphatic heterocycles. The molecule has 1 amide bonds. The summed E-state index contributed by atoms with van der Waals surface area (Å²) in [5.41, 5.74) is 1.52. The average molecular weight is 444 g/mol. The Morgan fingerprint density at radius 2 is 1.94 bits per heavy atom. The normalized spacial score (nSPS) is 23.0. The number of nitrogens with zero attached hydrogens (tertiary/aromatic N) is 1. The highest BCUT2D eigenvalue weighted by molar-refractivity contribution is 6.32. The zero-order valence-corrected chi connectivity index (χ0v) is 18.9. The molecule has 31 heavy (non-hydrogen) atoms. The quantitative estimate of drug-likeness (QED) is 0.630. The first kappa shape index (κ1) is 22.1. The van der Waals surface area contributed by atoms with E-state index < -0.39 is 0 Å². The monoisotopic (exact) mass is 443 g/mol. The highest BCUT2D eigenvalue weighted by Gasteiger charge is 2.45. The van der Waals surface area contributed by atoms with Gasteiger partial charge in [0.1, 0.15) is 5.75 Å². The molecule has 2 unspecified atom stereocenters. The summed E-state index contributed by atoms with van der Waals surface area (Å²) in [5.74, 6) is 0.566. The molecule has 2 aromatic carbocycles. The lowest BCUT2D eigenvalue weighted by Crippen LogP contribution is -2.52. The van der Waals surface area contributed by atoms with Crippen molar-refractivity contribution >= 4 is 17.5 Å². The van der Waals surface area contributed by atoms with E-state index in [4.69, 9.17) is 25.8 Å². The highest BCUT2D eigenvalue weighted by Crippen LogP contribution is 2.44. The van der Waals surface area contributed by atoms with Crippen LogP contribution in [-0.2, 0) is 9.47 Å². The number of methoxy groups -OCH3 is 1. The van der Waals surface area contributed by atoms with Crippen LogP contribution in [0.25, 0.3) is 0 Å². The predicted octanol–water partition coefficient (Wildman–Crippen LogP) is 5.28. The molecule has 0 radical (unpaired) electrons. The number of carbonyl (C=O) groups excluding carboxylic acids is 1. The van der Waals surface area contributed by atoms with Gasteiger partial charge >= 0.3 is 0 Å². The van der Waals surface area contributed by atoms with E-state index in [-0.39, 0.29) is 23.7 Å². The van der Waals surface area contributed by atoms with Crippen molar-refractivity contribution in [3.05, 3.63) is 64.7 Å². The van der Waals surface area contributed by atoms with Crippen LogP contribution in [0.15, 0.2) is 48.5 Å². The van der Waals surface area contributed by atoms with Gasteiger partial charge in [0.25, 0.3) is 5.91 Å². The highest BCUT2D eigenvalue weighted by atomic mass is 35.5. The minimum absolute atomic E-state index is 0.00354. The van der Waals surface area contributed by atoms with E-state index in [1.807, 2.05) is 17.9 Å². The van der Waals surface area contributed by atoms with Crippen LogP contribution in [-0.4, -0.2) is 49.3 Å². The van der Waals surface area contributed by atoms with Crippen LogP contribution in [0.5, 0.6) is 5.75 Å². The van der Waals surface area contributed by atoms with Crippen molar-refractivity contribution < 1.29 is 19.0 Å². The number of benzene rings is 2. The van der Waals surface area contributed by atoms with Crippen LogP contribution >= 0.6 is 11.6 Å². The number of amides is 1. The largest absolute Gasteiger partial charge is 0.495 e. The molecule has 0 N–H and O–H groups in total. The molecule has 6 heteroatoms. The SMILES string of the molecule is CCOC1CC(c2ccccc2)OC2(CCN(C(=O)c3ccc(OC)c(Cl)c3)CC2)C1. The molecule has 1 spiro atoms. The summed E-state index contributed by atoms with van der Waals surface area (Å²) in [7, 11) is 1.56. The van der Waals surface area contributed by atoms with E-state index in [1.165, 1.54) is 5.56 Å². The summed E-state index contributed by atoms with van der Waals surface area (Å²) < 4.78 is 18.0. The third kappa shape index (κ3) is 4.89. The number of hydrogen-bond acceptors (Lipinski definition) is 4. The van der Waals surface area contributed by atoms with E-state index >= 15 is 0 Å². The number of ether oxygens (including phenoxy) is 3. The van der Waals surface area contributed by atoms with Gasteiger partial charge in [0, 0.05) is 38.1 Å². The van der Waals surface area contributed by atoms with Crippen LogP contribution in [0, 0.1) is 0 Å². The minimum atomic E-state index is -0.257. The first-order chi connectivity index (χ1) is 15.0. The smallest absolute Gasteiger partial charge is 0.253 e. The molecule has 0 aromatic heterocycles. The maximum absolute atomic E-state index is 13.0. The number of likely N-dealkylation sites (tertiary alicyclic amines) is 1. The molecule has 0 saturated carbocycles. The van der Waals surface area contributed by atoms with Crippen molar-refractivity contribution in [1.29, 1.82) is 0 Å². The zero-order valence-electron chi connectivity index (χ0n) is 18.2. The molecule has 2 aromatic rings. The van der Waals surface area contributed by atoms with Crippen molar-refractivity contribution in [3.63, 3.8) is 0 Å². The van der Waals surface area contributed by atoms with Crippen LogP contribution in [0.1, 0.15) is 54.6 Å². The van der Waals surface area contributed by atoms with Crippen molar-refractivity contribution in [2.45, 2.75) is 50.4 Å². The Morgan fingerprint density at radius 3 is 2.58 bits per heavy atom. The van der Waals surface area contributed by atoms with Gasteiger partial charge in [-0.3, -0.25) is 4.79 Å². The van der Waals surface area contributed by atoms with Gasteiger partial charge in [0.15, 0.2) is 0 Å². The molecule has 0 aliphatic carbocycles. The number of rotatable bonds is 5. The van der Waals surface area contributed by atoms with Gasteiger partial charge < -0.3 is 19.1 Å². The van der Waals surface area contributed by atoms with E-state index in [0.717, 1.165) is 25.7 Å². The molecular formula is C25H30ClNO4. The van der Waals surface area contributed by atoms with Gasteiger partial charge in [-0.15, -0.1) is 0 Å². The fraction of sp³-hybridized carbons (Fsp3) is 0.480. The summed E-state index contributed by atoms with van der Waals surface area (Å²) in [6, 6.07) is 15.6. The third-order valence-electron chi connectivity index (χ3n) is 6.40. The molecule has 2 heterocycles. The number of halogens is 1. The van der Waals surface area contributed by atoms with E-state index in [2.05, 4.69) is 24.3 Å². The molecule has 166 valence electrons. The van der Waals surface area contributed by atoms with Crippen LogP contribution < -0.4 is 4.74 Å². The number of piperidine rings is 1. The van der Waals surface area contributed by atoms with Gasteiger partial charge in [-0.1, -0.05) is 41.9 Å². The topological polar surface area (TPSA) is 48.0 Å². The maximum atomic E-state index is 13.0. The fourth-order valence-corrected chi connectivity index (χ4v) is 5.05. The number of hydrogen-bond donors (Lipinski definition) is 0. The molecule has 2 saturated heterocycles. The first-order valence-electron chi connectivity index (χ1n) is 11.0. The molecule has 2 aliphatic rings. The Balaban J connectivity index is 1.46. The van der Waals surface area contributed by atoms with Crippen LogP contribution in [0.4, 0.5) is 0 Å². The summed E-state index contributed by atoms with van der Waals surface area (Å²) >= 11 is 6.22. The minimum Gasteiger partial charge on any atom is -0.495 e. The Hall–Kier alpha value is -2.08. The van der Waals surface area contributed by atoms with Gasteiger partial charge in [-0.05, 0) is 43.5 Å². The third-order valence-corrected chi connectivity index (χ3v) is 6.70. The molecule has 5 nitrogen and oxygen atoms in total. The molecule has 4 rings (SSSR count). The molecular weight excluding hydrogens is 414 g/mol. The second-order valence-electron chi connectivity index (χ2n) is 8.36. The number of carbonyl (C=O) groups is 1. The zero-order chi connectivity index (χ0) is 21.8. The van der Waals surface area contributed by atoms with Crippen LogP contribution in [0.2, 0.25) is 5.02 Å².